The van der Waals surface area contributed by atoms with Crippen LogP contribution in [0.15, 0.2) is 18.2 Å². The molecule has 5 heteroatoms. The number of nitrogens with zero attached hydrogens (tertiary/aromatic N) is 2. The van der Waals surface area contributed by atoms with Gasteiger partial charge in [-0.2, -0.15) is 0 Å². The van der Waals surface area contributed by atoms with Crippen LogP contribution in [0.4, 0.5) is 0 Å². The van der Waals surface area contributed by atoms with Gasteiger partial charge in [0.1, 0.15) is 0 Å². The summed E-state index contributed by atoms with van der Waals surface area (Å²) >= 11 is 0. The van der Waals surface area contributed by atoms with E-state index in [1.54, 1.807) is 7.11 Å². The zero-order valence-electron chi connectivity index (χ0n) is 13.3. The summed E-state index contributed by atoms with van der Waals surface area (Å²) in [7, 11) is 1.73. The third kappa shape index (κ3) is 3.48. The van der Waals surface area contributed by atoms with Gasteiger partial charge in [-0.15, -0.1) is 0 Å². The van der Waals surface area contributed by atoms with Crippen molar-refractivity contribution < 1.29 is 9.53 Å². The molecule has 1 N–H and O–H groups in total. The number of carbonyl (C=O) groups excluding carboxylic acids is 1. The summed E-state index contributed by atoms with van der Waals surface area (Å²) in [5, 5.41) is 3.33. The summed E-state index contributed by atoms with van der Waals surface area (Å²) in [6, 6.07) is 6.12. The van der Waals surface area contributed by atoms with Crippen molar-refractivity contribution in [3.8, 4) is 0 Å². The molecule has 0 unspecified atom stereocenters. The SMILES string of the molecule is COCCN1CCCN(C(=O)c2ccc3c(c2)CNC3)CC1. The van der Waals surface area contributed by atoms with Gasteiger partial charge in [0.05, 0.1) is 6.61 Å². The molecule has 3 rings (SSSR count). The predicted molar refractivity (Wildman–Crippen MR) is 85.8 cm³/mol. The normalized spacial score (nSPS) is 19.0. The molecule has 1 amide bonds. The van der Waals surface area contributed by atoms with Crippen molar-refractivity contribution in [2.24, 2.45) is 0 Å². The number of hydrogen-bond donors (Lipinski definition) is 1. The van der Waals surface area contributed by atoms with Crippen LogP contribution in [-0.2, 0) is 17.8 Å². The summed E-state index contributed by atoms with van der Waals surface area (Å²) in [4.78, 5) is 17.1. The van der Waals surface area contributed by atoms with Gasteiger partial charge in [0, 0.05) is 51.9 Å². The average molecular weight is 303 g/mol. The van der Waals surface area contributed by atoms with Crippen LogP contribution in [0, 0.1) is 0 Å². The van der Waals surface area contributed by atoms with Gasteiger partial charge in [0.2, 0.25) is 0 Å². The van der Waals surface area contributed by atoms with Crippen molar-refractivity contribution in [3.05, 3.63) is 34.9 Å². The molecule has 0 aliphatic carbocycles. The molecule has 1 fully saturated rings. The number of benzene rings is 1. The largest absolute Gasteiger partial charge is 0.383 e. The lowest BCUT2D eigenvalue weighted by atomic mass is 10.1. The van der Waals surface area contributed by atoms with Crippen molar-refractivity contribution in [1.29, 1.82) is 0 Å². The molecule has 0 bridgehead atoms. The zero-order valence-corrected chi connectivity index (χ0v) is 13.3. The van der Waals surface area contributed by atoms with Crippen LogP contribution < -0.4 is 5.32 Å². The molecule has 22 heavy (non-hydrogen) atoms. The van der Waals surface area contributed by atoms with Gasteiger partial charge < -0.3 is 15.0 Å². The van der Waals surface area contributed by atoms with Crippen LogP contribution in [0.5, 0.6) is 0 Å². The Bertz CT molecular complexity index is 533. The Hall–Kier alpha value is -1.43. The van der Waals surface area contributed by atoms with Gasteiger partial charge in [0.15, 0.2) is 0 Å². The third-order valence-corrected chi connectivity index (χ3v) is 4.57. The van der Waals surface area contributed by atoms with E-state index in [0.29, 0.717) is 0 Å². The highest BCUT2D eigenvalue weighted by atomic mass is 16.5. The summed E-state index contributed by atoms with van der Waals surface area (Å²) in [6.45, 7) is 7.12. The number of carbonyl (C=O) groups is 1. The Morgan fingerprint density at radius 3 is 2.91 bits per heavy atom. The van der Waals surface area contributed by atoms with Crippen molar-refractivity contribution in [2.45, 2.75) is 19.5 Å². The number of methoxy groups -OCH3 is 1. The van der Waals surface area contributed by atoms with E-state index in [2.05, 4.69) is 22.3 Å². The second kappa shape index (κ2) is 7.22. The van der Waals surface area contributed by atoms with Crippen LogP contribution in [0.1, 0.15) is 27.9 Å². The number of amides is 1. The molecule has 1 saturated heterocycles. The van der Waals surface area contributed by atoms with Crippen LogP contribution in [0.25, 0.3) is 0 Å². The van der Waals surface area contributed by atoms with E-state index in [0.717, 1.165) is 64.4 Å². The van der Waals surface area contributed by atoms with E-state index in [1.807, 2.05) is 11.0 Å². The highest BCUT2D eigenvalue weighted by Gasteiger charge is 2.21. The monoisotopic (exact) mass is 303 g/mol. The quantitative estimate of drug-likeness (QED) is 0.904. The number of rotatable bonds is 4. The first-order valence-corrected chi connectivity index (χ1v) is 8.11. The van der Waals surface area contributed by atoms with Gasteiger partial charge >= 0.3 is 0 Å². The molecule has 120 valence electrons. The van der Waals surface area contributed by atoms with Gasteiger partial charge in [-0.3, -0.25) is 9.69 Å². The maximum Gasteiger partial charge on any atom is 0.253 e. The second-order valence-electron chi connectivity index (χ2n) is 6.07. The molecule has 5 nitrogen and oxygen atoms in total. The molecule has 1 aromatic carbocycles. The van der Waals surface area contributed by atoms with E-state index < -0.39 is 0 Å². The average Bonchev–Trinajstić information content (AvgIpc) is 2.89. The van der Waals surface area contributed by atoms with E-state index in [4.69, 9.17) is 4.74 Å². The fourth-order valence-electron chi connectivity index (χ4n) is 3.23. The molecule has 2 aliphatic rings. The highest BCUT2D eigenvalue weighted by Crippen LogP contribution is 2.18. The van der Waals surface area contributed by atoms with Crippen molar-refractivity contribution in [3.63, 3.8) is 0 Å². The van der Waals surface area contributed by atoms with Crippen molar-refractivity contribution in [1.82, 2.24) is 15.1 Å². The maximum atomic E-state index is 12.7. The van der Waals surface area contributed by atoms with Crippen LogP contribution in [0.2, 0.25) is 0 Å². The molecule has 1 aromatic rings. The van der Waals surface area contributed by atoms with E-state index in [1.165, 1.54) is 11.1 Å². The van der Waals surface area contributed by atoms with E-state index in [-0.39, 0.29) is 5.91 Å². The van der Waals surface area contributed by atoms with Crippen LogP contribution in [0.3, 0.4) is 0 Å². The van der Waals surface area contributed by atoms with Gasteiger partial charge in [-0.1, -0.05) is 6.07 Å². The number of hydrogen-bond acceptors (Lipinski definition) is 4. The molecule has 0 atom stereocenters. The minimum absolute atomic E-state index is 0.170. The minimum atomic E-state index is 0.170. The summed E-state index contributed by atoms with van der Waals surface area (Å²) < 4.78 is 5.14. The predicted octanol–water partition coefficient (Wildman–Crippen LogP) is 1.08. The maximum absolute atomic E-state index is 12.7. The molecule has 0 radical (unpaired) electrons. The number of nitrogens with one attached hydrogen (secondary N) is 1. The van der Waals surface area contributed by atoms with Crippen molar-refractivity contribution in [2.75, 3.05) is 46.4 Å². The molecule has 0 saturated carbocycles. The standard InChI is InChI=1S/C17H25N3O2/c1-22-10-9-19-5-2-6-20(8-7-19)17(21)14-3-4-15-12-18-13-16(15)11-14/h3-4,11,18H,2,5-10,12-13H2,1H3. The number of ether oxygens (including phenoxy) is 1. The summed E-state index contributed by atoms with van der Waals surface area (Å²) in [5.74, 6) is 0.170. The zero-order chi connectivity index (χ0) is 15.4. The highest BCUT2D eigenvalue weighted by molar-refractivity contribution is 5.94. The second-order valence-corrected chi connectivity index (χ2v) is 6.07. The van der Waals surface area contributed by atoms with E-state index in [9.17, 15) is 4.79 Å². The first-order chi connectivity index (χ1) is 10.8. The topological polar surface area (TPSA) is 44.8 Å². The Kier molecular flexibility index (Phi) is 5.08. The Morgan fingerprint density at radius 2 is 2.05 bits per heavy atom. The lowest BCUT2D eigenvalue weighted by Gasteiger charge is -2.22. The molecule has 0 aromatic heterocycles. The Morgan fingerprint density at radius 1 is 1.18 bits per heavy atom. The molecule has 2 aliphatic heterocycles. The van der Waals surface area contributed by atoms with Gasteiger partial charge in [0.25, 0.3) is 5.91 Å². The third-order valence-electron chi connectivity index (χ3n) is 4.57. The van der Waals surface area contributed by atoms with Crippen LogP contribution in [-0.4, -0.2) is 62.1 Å². The van der Waals surface area contributed by atoms with Gasteiger partial charge in [-0.25, -0.2) is 0 Å². The number of fused-ring (bicyclic) bond motifs is 1. The Balaban J connectivity index is 1.62. The Labute approximate surface area is 132 Å². The summed E-state index contributed by atoms with van der Waals surface area (Å²) in [5.41, 5.74) is 3.41. The van der Waals surface area contributed by atoms with Crippen molar-refractivity contribution >= 4 is 5.91 Å². The first kappa shape index (κ1) is 15.5. The molecular formula is C17H25N3O2. The fraction of sp³-hybridized carbons (Fsp3) is 0.588. The smallest absolute Gasteiger partial charge is 0.253 e. The van der Waals surface area contributed by atoms with Gasteiger partial charge in [-0.05, 0) is 36.2 Å². The fourth-order valence-corrected chi connectivity index (χ4v) is 3.23. The van der Waals surface area contributed by atoms with E-state index >= 15 is 0 Å². The van der Waals surface area contributed by atoms with Crippen LogP contribution >= 0.6 is 0 Å². The lowest BCUT2D eigenvalue weighted by molar-refractivity contribution is 0.0759. The lowest BCUT2D eigenvalue weighted by Crippen LogP contribution is -2.36. The summed E-state index contributed by atoms with van der Waals surface area (Å²) in [6.07, 6.45) is 1.03. The molecule has 0 spiro atoms. The minimum Gasteiger partial charge on any atom is -0.383 e. The first-order valence-electron chi connectivity index (χ1n) is 8.11. The molecule has 2 heterocycles. The molecular weight excluding hydrogens is 278 g/mol.